The highest BCUT2D eigenvalue weighted by Gasteiger charge is 2.59. The third kappa shape index (κ3) is 17.6. The third-order valence-corrected chi connectivity index (χ3v) is 20.0. The highest BCUT2D eigenvalue weighted by atomic mass is 28.4. The van der Waals surface area contributed by atoms with E-state index in [0.29, 0.717) is 23.9 Å². The van der Waals surface area contributed by atoms with Crippen molar-refractivity contribution in [2.24, 2.45) is 52.3 Å². The number of aliphatic hydroxyl groups excluding tert-OH is 2. The average molecular weight is 917 g/mol. The zero-order valence-electron chi connectivity index (χ0n) is 44.1. The maximum atomic E-state index is 9.33. The van der Waals surface area contributed by atoms with E-state index in [1.807, 2.05) is 0 Å². The fourth-order valence-electron chi connectivity index (χ4n) is 14.2. The van der Waals surface area contributed by atoms with Crippen molar-refractivity contribution in [1.29, 1.82) is 0 Å². The van der Waals surface area contributed by atoms with Gasteiger partial charge in [0.2, 0.25) is 0 Å². The molecule has 0 spiro atoms. The zero-order chi connectivity index (χ0) is 46.4. The highest BCUT2D eigenvalue weighted by Crippen LogP contribution is 2.67. The number of fused-ring (bicyclic) bond motifs is 5. The van der Waals surface area contributed by atoms with Gasteiger partial charge in [0.25, 0.3) is 0 Å². The van der Waals surface area contributed by atoms with Crippen LogP contribution in [0.15, 0.2) is 11.6 Å². The molecule has 7 heteroatoms. The molecule has 3 saturated carbocycles. The van der Waals surface area contributed by atoms with Crippen LogP contribution in [0.5, 0.6) is 0 Å². The van der Waals surface area contributed by atoms with Crippen molar-refractivity contribution >= 4 is 8.56 Å². The lowest BCUT2D eigenvalue weighted by atomic mass is 9.47. The van der Waals surface area contributed by atoms with Gasteiger partial charge in [-0.3, -0.25) is 4.90 Å². The van der Waals surface area contributed by atoms with Gasteiger partial charge in [0.05, 0.1) is 19.3 Å². The second-order valence-electron chi connectivity index (χ2n) is 23.5. The van der Waals surface area contributed by atoms with Crippen LogP contribution in [0.4, 0.5) is 0 Å². The normalized spacial score (nSPS) is 28.5. The van der Waals surface area contributed by atoms with Crippen LogP contribution < -0.4 is 0 Å². The van der Waals surface area contributed by atoms with Gasteiger partial charge in [-0.05, 0) is 155 Å². The molecule has 2 N–H and O–H groups in total. The summed E-state index contributed by atoms with van der Waals surface area (Å²) < 4.78 is 20.7. The first-order valence-electron chi connectivity index (χ1n) is 28.4. The molecule has 0 bridgehead atoms. The van der Waals surface area contributed by atoms with Gasteiger partial charge in [-0.1, -0.05) is 163 Å². The molecule has 10 unspecified atom stereocenters. The van der Waals surface area contributed by atoms with E-state index in [1.165, 1.54) is 141 Å². The van der Waals surface area contributed by atoms with Gasteiger partial charge in [-0.15, -0.1) is 0 Å². The lowest BCUT2D eigenvalue weighted by Crippen LogP contribution is -2.51. The first kappa shape index (κ1) is 56.3. The van der Waals surface area contributed by atoms with E-state index in [1.54, 1.807) is 5.57 Å². The van der Waals surface area contributed by atoms with E-state index >= 15 is 0 Å². The molecule has 376 valence electrons. The van der Waals surface area contributed by atoms with E-state index in [2.05, 4.69) is 72.5 Å². The Hall–Kier alpha value is -0.283. The van der Waals surface area contributed by atoms with E-state index in [9.17, 15) is 10.2 Å². The molecule has 0 aromatic carbocycles. The maximum Gasteiger partial charge on any atom is 0.333 e. The van der Waals surface area contributed by atoms with Crippen LogP contribution in [0.25, 0.3) is 0 Å². The standard InChI is InChI=1S/C57H109NO5Si/c1-10-12-13-14-15-16-17-18-19-20-21-22-25-28-55(63-64(8,9)61-44-27-24-23-26-39-58(40-42-59)41-43-60)62-50-35-37-56(6)49(45-50)31-32-51-53-34-33-52(57(53,7)38-36-54(51)56)47(5)29-30-48(11-2)46(3)4/h31,46-48,50-55,59-60H,10-30,32-45H2,1-9H3. The fraction of sp³-hybridized carbons (Fsp3) is 0.965. The summed E-state index contributed by atoms with van der Waals surface area (Å²) in [7, 11) is -2.39. The molecule has 0 aromatic heterocycles. The Bertz CT molecular complexity index is 1250. The minimum absolute atomic E-state index is 0.148. The number of unbranched alkanes of at least 4 members (excludes halogenated alkanes) is 15. The van der Waals surface area contributed by atoms with Crippen LogP contribution in [0, 0.1) is 52.3 Å². The van der Waals surface area contributed by atoms with Crippen LogP contribution in [0.1, 0.15) is 235 Å². The zero-order valence-corrected chi connectivity index (χ0v) is 45.1. The van der Waals surface area contributed by atoms with Crippen molar-refractivity contribution in [1.82, 2.24) is 4.90 Å². The Labute approximate surface area is 399 Å². The summed E-state index contributed by atoms with van der Waals surface area (Å²) in [6.45, 7) is 25.4. The Kier molecular flexibility index (Phi) is 26.1. The predicted octanol–water partition coefficient (Wildman–Crippen LogP) is 15.4. The lowest BCUT2D eigenvalue weighted by Gasteiger charge is -2.58. The number of hydrogen-bond acceptors (Lipinski definition) is 6. The largest absolute Gasteiger partial charge is 0.395 e. The highest BCUT2D eigenvalue weighted by molar-refractivity contribution is 6.64. The molecule has 0 aromatic rings. The predicted molar refractivity (Wildman–Crippen MR) is 275 cm³/mol. The molecule has 0 radical (unpaired) electrons. The SMILES string of the molecule is CCCCCCCCCCCCCCCC(OC1CCC2(C)C(=CCC3C2CCC2(C)C(C(C)CCC(CC)C(C)C)CCC32)C1)O[Si](C)(C)OCCCCCCN(CCO)CCO. The minimum atomic E-state index is -2.39. The van der Waals surface area contributed by atoms with Gasteiger partial charge < -0.3 is 23.8 Å². The number of allylic oxidation sites excluding steroid dienone is 1. The molecule has 4 rings (SSSR count). The van der Waals surface area contributed by atoms with Crippen molar-refractivity contribution in [3.8, 4) is 0 Å². The number of nitrogens with zero attached hydrogens (tertiary/aromatic N) is 1. The number of ether oxygens (including phenoxy) is 1. The smallest absolute Gasteiger partial charge is 0.333 e. The summed E-state index contributed by atoms with van der Waals surface area (Å²) >= 11 is 0. The molecule has 4 aliphatic rings. The first-order chi connectivity index (χ1) is 30.8. The van der Waals surface area contributed by atoms with Crippen LogP contribution in [0.3, 0.4) is 0 Å². The molecule has 64 heavy (non-hydrogen) atoms. The summed E-state index contributed by atoms with van der Waals surface area (Å²) in [5.41, 5.74) is 2.58. The van der Waals surface area contributed by atoms with Crippen molar-refractivity contribution in [3.05, 3.63) is 11.6 Å². The van der Waals surface area contributed by atoms with Crippen molar-refractivity contribution in [3.63, 3.8) is 0 Å². The van der Waals surface area contributed by atoms with Gasteiger partial charge >= 0.3 is 8.56 Å². The Morgan fingerprint density at radius 1 is 0.703 bits per heavy atom. The Morgan fingerprint density at radius 3 is 1.95 bits per heavy atom. The van der Waals surface area contributed by atoms with E-state index in [0.717, 1.165) is 99.5 Å². The monoisotopic (exact) mass is 916 g/mol. The Morgan fingerprint density at radius 2 is 1.33 bits per heavy atom. The van der Waals surface area contributed by atoms with E-state index in [4.69, 9.17) is 13.6 Å². The van der Waals surface area contributed by atoms with Crippen molar-refractivity contribution in [2.45, 2.75) is 260 Å². The number of aliphatic hydroxyl groups is 2. The quantitative estimate of drug-likeness (QED) is 0.0282. The number of hydrogen-bond donors (Lipinski definition) is 2. The first-order valence-corrected chi connectivity index (χ1v) is 31.2. The molecule has 3 fully saturated rings. The molecular weight excluding hydrogens is 807 g/mol. The third-order valence-electron chi connectivity index (χ3n) is 18.2. The van der Waals surface area contributed by atoms with Gasteiger partial charge in [0, 0.05) is 19.7 Å². The van der Waals surface area contributed by atoms with Gasteiger partial charge in [-0.25, -0.2) is 0 Å². The van der Waals surface area contributed by atoms with E-state index in [-0.39, 0.29) is 25.6 Å². The summed E-state index contributed by atoms with van der Waals surface area (Å²) in [6.07, 6.45) is 40.8. The molecule has 10 atom stereocenters. The van der Waals surface area contributed by atoms with Gasteiger partial charge in [-0.2, -0.15) is 0 Å². The maximum absolute atomic E-state index is 9.33. The van der Waals surface area contributed by atoms with Crippen LogP contribution in [-0.4, -0.2) is 75.5 Å². The topological polar surface area (TPSA) is 71.4 Å². The molecule has 0 amide bonds. The van der Waals surface area contributed by atoms with Gasteiger partial charge in [0.15, 0.2) is 0 Å². The lowest BCUT2D eigenvalue weighted by molar-refractivity contribution is -0.150. The van der Waals surface area contributed by atoms with Crippen LogP contribution in [0.2, 0.25) is 13.1 Å². The Balaban J connectivity index is 1.29. The average Bonchev–Trinajstić information content (AvgIpc) is 3.62. The van der Waals surface area contributed by atoms with Crippen LogP contribution in [-0.2, 0) is 13.6 Å². The second kappa shape index (κ2) is 29.7. The molecule has 0 saturated heterocycles. The number of rotatable bonds is 36. The molecule has 0 heterocycles. The fourth-order valence-corrected chi connectivity index (χ4v) is 15.7. The van der Waals surface area contributed by atoms with Crippen molar-refractivity contribution < 1.29 is 23.8 Å². The molecule has 0 aliphatic heterocycles. The summed E-state index contributed by atoms with van der Waals surface area (Å²) in [6, 6.07) is 0. The molecule has 4 aliphatic carbocycles. The van der Waals surface area contributed by atoms with Gasteiger partial charge in [0.1, 0.15) is 6.29 Å². The minimum Gasteiger partial charge on any atom is -0.395 e. The summed E-state index contributed by atoms with van der Waals surface area (Å²) in [5, 5.41) is 18.7. The van der Waals surface area contributed by atoms with E-state index < -0.39 is 8.56 Å². The second-order valence-corrected chi connectivity index (χ2v) is 26.8. The summed E-state index contributed by atoms with van der Waals surface area (Å²) in [5.74, 6) is 6.07. The van der Waals surface area contributed by atoms with Crippen molar-refractivity contribution in [2.75, 3.05) is 39.5 Å². The van der Waals surface area contributed by atoms with Crippen LogP contribution >= 0.6 is 0 Å². The molecular formula is C57H109NO5Si. The molecule has 6 nitrogen and oxygen atoms in total. The summed E-state index contributed by atoms with van der Waals surface area (Å²) in [4.78, 5) is 2.15.